The van der Waals surface area contributed by atoms with E-state index in [1.165, 1.54) is 68.1 Å². The SMILES string of the molecule is CC1=[C-]C(C)C(C)=C1C.C[SiH]C.[NH-]C1CCCCCCCCCC1.[Ti+2]. The molecule has 2 aliphatic rings. The first-order valence-corrected chi connectivity index (χ1v) is 12.5. The van der Waals surface area contributed by atoms with Crippen LogP contribution in [0.2, 0.25) is 13.1 Å². The molecular weight excluding hydrogens is 354 g/mol. The van der Waals surface area contributed by atoms with Crippen molar-refractivity contribution in [1.29, 1.82) is 0 Å². The van der Waals surface area contributed by atoms with Crippen molar-refractivity contribution in [2.24, 2.45) is 5.92 Å². The standard InChI is InChI=1S/C11H22N.C9H13.C2H7Si.Ti/c12-11-9-7-5-3-1-2-4-6-8-10-11;1-6-5-7(2)9(4)8(6)3;1-3-2;/h11-12H,1-10H2;6H,1-4H3;3H,1-2H3;/q2*-1;;+2. The maximum Gasteiger partial charge on any atom is 2.00 e. The summed E-state index contributed by atoms with van der Waals surface area (Å²) in [5.41, 5.74) is 12.0. The molecule has 0 aromatic heterocycles. The third kappa shape index (κ3) is 14.1. The molecule has 1 atom stereocenters. The average Bonchev–Trinajstić information content (AvgIpc) is 2.75. The Labute approximate surface area is 176 Å². The number of nitrogens with one attached hydrogen (secondary N) is 1. The molecule has 2 aliphatic carbocycles. The van der Waals surface area contributed by atoms with Crippen LogP contribution >= 0.6 is 0 Å². The zero-order valence-corrected chi connectivity index (χ0v) is 20.5. The van der Waals surface area contributed by atoms with Crippen LogP contribution in [0.1, 0.15) is 91.9 Å². The molecule has 3 heteroatoms. The Bertz CT molecular complexity index is 364. The first-order valence-electron chi connectivity index (χ1n) is 10.2. The van der Waals surface area contributed by atoms with Gasteiger partial charge in [-0.3, -0.25) is 6.08 Å². The average molecular weight is 397 g/mol. The summed E-state index contributed by atoms with van der Waals surface area (Å²) in [7, 11) is 0.750. The monoisotopic (exact) mass is 396 g/mol. The molecule has 0 aliphatic heterocycles. The van der Waals surface area contributed by atoms with Crippen LogP contribution in [0.5, 0.6) is 0 Å². The van der Waals surface area contributed by atoms with Crippen molar-refractivity contribution >= 4 is 9.52 Å². The van der Waals surface area contributed by atoms with Gasteiger partial charge in [-0.15, -0.1) is 13.0 Å². The predicted octanol–water partition coefficient (Wildman–Crippen LogP) is 7.56. The van der Waals surface area contributed by atoms with E-state index in [4.69, 9.17) is 5.73 Å². The van der Waals surface area contributed by atoms with Gasteiger partial charge in [0.1, 0.15) is 0 Å². The van der Waals surface area contributed by atoms with Crippen LogP contribution in [0.3, 0.4) is 0 Å². The molecule has 1 saturated carbocycles. The molecule has 1 N–H and O–H groups in total. The third-order valence-corrected chi connectivity index (χ3v) is 5.09. The van der Waals surface area contributed by atoms with Gasteiger partial charge in [0.25, 0.3) is 0 Å². The van der Waals surface area contributed by atoms with Gasteiger partial charge in [-0.2, -0.15) is 11.1 Å². The zero-order chi connectivity index (χ0) is 18.4. The van der Waals surface area contributed by atoms with Crippen LogP contribution in [0.25, 0.3) is 5.73 Å². The number of hydrogen-bond donors (Lipinski definition) is 0. The molecule has 143 valence electrons. The Kier molecular flexibility index (Phi) is 19.6. The quantitative estimate of drug-likeness (QED) is 0.298. The second-order valence-corrected chi connectivity index (χ2v) is 8.63. The Morgan fingerprint density at radius 1 is 0.840 bits per heavy atom. The molecule has 0 bridgehead atoms. The predicted molar refractivity (Wildman–Crippen MR) is 113 cm³/mol. The van der Waals surface area contributed by atoms with E-state index in [2.05, 4.69) is 46.9 Å². The Hall–Kier alpha value is 0.371. The van der Waals surface area contributed by atoms with Crippen molar-refractivity contribution in [3.8, 4) is 0 Å². The zero-order valence-electron chi connectivity index (χ0n) is 17.8. The maximum absolute atomic E-state index is 7.75. The largest absolute Gasteiger partial charge is 2.00 e. The fourth-order valence-electron chi connectivity index (χ4n) is 3.15. The minimum atomic E-state index is 0. The minimum Gasteiger partial charge on any atom is -0.675 e. The number of hydrogen-bond acceptors (Lipinski definition) is 0. The van der Waals surface area contributed by atoms with Crippen molar-refractivity contribution in [2.75, 3.05) is 0 Å². The molecular formula is C22H42NSiTi. The Morgan fingerprint density at radius 2 is 1.20 bits per heavy atom. The van der Waals surface area contributed by atoms with Crippen molar-refractivity contribution < 1.29 is 21.7 Å². The normalized spacial score (nSPS) is 22.4. The molecule has 0 aromatic carbocycles. The van der Waals surface area contributed by atoms with Gasteiger partial charge in [0.2, 0.25) is 0 Å². The van der Waals surface area contributed by atoms with E-state index in [1.54, 1.807) is 0 Å². The fourth-order valence-corrected chi connectivity index (χ4v) is 3.15. The van der Waals surface area contributed by atoms with Crippen molar-refractivity contribution in [2.45, 2.75) is 111 Å². The summed E-state index contributed by atoms with van der Waals surface area (Å²) in [4.78, 5) is 0. The van der Waals surface area contributed by atoms with Crippen LogP contribution in [0.4, 0.5) is 0 Å². The van der Waals surface area contributed by atoms with Crippen molar-refractivity contribution in [3.63, 3.8) is 0 Å². The Morgan fingerprint density at radius 3 is 1.44 bits per heavy atom. The van der Waals surface area contributed by atoms with Crippen LogP contribution in [-0.2, 0) is 21.7 Å². The molecule has 1 fully saturated rings. The summed E-state index contributed by atoms with van der Waals surface area (Å²) in [6, 6.07) is 0.253. The minimum absolute atomic E-state index is 0. The molecule has 2 rings (SSSR count). The molecule has 0 amide bonds. The van der Waals surface area contributed by atoms with Crippen molar-refractivity contribution in [1.82, 2.24) is 0 Å². The number of rotatable bonds is 0. The molecule has 0 aromatic rings. The van der Waals surface area contributed by atoms with Gasteiger partial charge in [-0.1, -0.05) is 104 Å². The second kappa shape index (κ2) is 17.8. The molecule has 0 heterocycles. The molecule has 1 radical (unpaired) electrons. The summed E-state index contributed by atoms with van der Waals surface area (Å²) >= 11 is 0. The van der Waals surface area contributed by atoms with E-state index in [0.29, 0.717) is 5.92 Å². The van der Waals surface area contributed by atoms with Crippen LogP contribution in [0.15, 0.2) is 16.7 Å². The summed E-state index contributed by atoms with van der Waals surface area (Å²) in [5.74, 6) is 0.560. The van der Waals surface area contributed by atoms with E-state index in [9.17, 15) is 0 Å². The third-order valence-electron chi connectivity index (χ3n) is 5.09. The molecule has 0 saturated heterocycles. The fraction of sp³-hybridized carbons (Fsp3) is 0.818. The first kappa shape index (κ1) is 27.6. The molecule has 25 heavy (non-hydrogen) atoms. The molecule has 1 unspecified atom stereocenters. The van der Waals surface area contributed by atoms with Gasteiger partial charge in [0.15, 0.2) is 0 Å². The van der Waals surface area contributed by atoms with E-state index in [1.807, 2.05) is 0 Å². The number of allylic oxidation sites excluding steroid dienone is 4. The smallest absolute Gasteiger partial charge is 0.675 e. The van der Waals surface area contributed by atoms with Crippen LogP contribution < -0.4 is 0 Å². The summed E-state index contributed by atoms with van der Waals surface area (Å²) in [6.07, 6.45) is 16.7. The van der Waals surface area contributed by atoms with Gasteiger partial charge in [-0.25, -0.2) is 5.57 Å². The van der Waals surface area contributed by atoms with E-state index >= 15 is 0 Å². The molecule has 0 spiro atoms. The van der Waals surface area contributed by atoms with Gasteiger partial charge in [0.05, 0.1) is 0 Å². The topological polar surface area (TPSA) is 23.8 Å². The van der Waals surface area contributed by atoms with E-state index in [0.717, 1.165) is 22.4 Å². The molecule has 1 nitrogen and oxygen atoms in total. The van der Waals surface area contributed by atoms with Crippen molar-refractivity contribution in [3.05, 3.63) is 28.5 Å². The second-order valence-electron chi connectivity index (χ2n) is 7.48. The summed E-state index contributed by atoms with van der Waals surface area (Å²) in [6.45, 7) is 13.1. The first-order chi connectivity index (χ1) is 11.4. The summed E-state index contributed by atoms with van der Waals surface area (Å²) in [5, 5.41) is 0. The van der Waals surface area contributed by atoms with Gasteiger partial charge in [0, 0.05) is 9.52 Å². The van der Waals surface area contributed by atoms with E-state index in [-0.39, 0.29) is 27.8 Å². The summed E-state index contributed by atoms with van der Waals surface area (Å²) < 4.78 is 0. The van der Waals surface area contributed by atoms with E-state index < -0.39 is 0 Å². The van der Waals surface area contributed by atoms with Crippen LogP contribution in [-0.4, -0.2) is 15.6 Å². The van der Waals surface area contributed by atoms with Gasteiger partial charge in [-0.05, 0) is 0 Å². The maximum atomic E-state index is 7.75. The van der Waals surface area contributed by atoms with Gasteiger partial charge < -0.3 is 5.73 Å². The van der Waals surface area contributed by atoms with Gasteiger partial charge >= 0.3 is 21.7 Å². The Balaban J connectivity index is 0. The van der Waals surface area contributed by atoms with Crippen LogP contribution in [0, 0.1) is 12.0 Å².